The molecule has 0 amide bonds. The molecule has 0 aliphatic rings. The van der Waals surface area contributed by atoms with Crippen LogP contribution in [0.5, 0.6) is 5.75 Å². The first kappa shape index (κ1) is 15.4. The van der Waals surface area contributed by atoms with Crippen LogP contribution in [0.25, 0.3) is 22.2 Å². The number of aromatic nitrogens is 1. The minimum atomic E-state index is -0.889. The van der Waals surface area contributed by atoms with Crippen molar-refractivity contribution in [2.24, 2.45) is 0 Å². The molecule has 3 rings (SSSR count). The maximum Gasteiger partial charge on any atom is 0.307 e. The zero-order chi connectivity index (χ0) is 16.6. The van der Waals surface area contributed by atoms with E-state index in [1.807, 2.05) is 37.3 Å². The van der Waals surface area contributed by atoms with Crippen molar-refractivity contribution in [3.8, 4) is 17.0 Å². The van der Waals surface area contributed by atoms with Crippen LogP contribution < -0.4 is 4.74 Å². The van der Waals surface area contributed by atoms with Gasteiger partial charge in [-0.05, 0) is 36.2 Å². The minimum absolute atomic E-state index is 0.0901. The molecule has 0 unspecified atom stereocenters. The number of benzene rings is 2. The monoisotopic (exact) mass is 329 g/mol. The summed E-state index contributed by atoms with van der Waals surface area (Å²) in [5.41, 5.74) is 4.13. The fraction of sp³-hybridized carbons (Fsp3) is 0.167. The molecule has 0 saturated heterocycles. The number of rotatable bonds is 4. The van der Waals surface area contributed by atoms with Gasteiger partial charge in [-0.15, -0.1) is 0 Å². The summed E-state index contributed by atoms with van der Waals surface area (Å²) in [6.45, 7) is 1.96. The van der Waals surface area contributed by atoms with Crippen LogP contribution in [0.15, 0.2) is 36.4 Å². The Morgan fingerprint density at radius 2 is 2.04 bits per heavy atom. The molecule has 2 aromatic carbocycles. The number of H-pyrrole nitrogens is 1. The summed E-state index contributed by atoms with van der Waals surface area (Å²) in [5.74, 6) is -0.189. The first-order valence-corrected chi connectivity index (χ1v) is 7.55. The van der Waals surface area contributed by atoms with E-state index in [-0.39, 0.29) is 6.42 Å². The van der Waals surface area contributed by atoms with Gasteiger partial charge in [0.25, 0.3) is 0 Å². The van der Waals surface area contributed by atoms with Gasteiger partial charge < -0.3 is 14.8 Å². The number of hydrogen-bond acceptors (Lipinski definition) is 2. The third-order valence-electron chi connectivity index (χ3n) is 3.89. The largest absolute Gasteiger partial charge is 0.497 e. The Balaban J connectivity index is 2.35. The fourth-order valence-electron chi connectivity index (χ4n) is 2.84. The van der Waals surface area contributed by atoms with Gasteiger partial charge in [0, 0.05) is 21.5 Å². The number of halogens is 1. The second-order valence-electron chi connectivity index (χ2n) is 5.40. The standard InChI is InChI=1S/C18H16ClNO3/c1-10-7-11(23-2)8-13-14(9-16(21)22)18(20-17(10)13)12-5-3-4-6-15(12)19/h3-8,20H,9H2,1-2H3,(H,21,22). The summed E-state index contributed by atoms with van der Waals surface area (Å²) in [6.07, 6.45) is -0.0901. The number of methoxy groups -OCH3 is 1. The van der Waals surface area contributed by atoms with Crippen molar-refractivity contribution >= 4 is 28.5 Å². The normalized spacial score (nSPS) is 10.9. The molecule has 0 spiro atoms. The van der Waals surface area contributed by atoms with E-state index in [4.69, 9.17) is 16.3 Å². The molecule has 1 heterocycles. The second kappa shape index (κ2) is 5.97. The molecule has 0 aliphatic carbocycles. The van der Waals surface area contributed by atoms with E-state index in [9.17, 15) is 9.90 Å². The summed E-state index contributed by atoms with van der Waals surface area (Å²) in [7, 11) is 1.60. The number of aryl methyl sites for hydroxylation is 1. The van der Waals surface area contributed by atoms with Crippen LogP contribution >= 0.6 is 11.6 Å². The average molecular weight is 330 g/mol. The predicted molar refractivity (Wildman–Crippen MR) is 91.4 cm³/mol. The Morgan fingerprint density at radius 3 is 2.70 bits per heavy atom. The lowest BCUT2D eigenvalue weighted by molar-refractivity contribution is -0.136. The molecule has 118 valence electrons. The van der Waals surface area contributed by atoms with Gasteiger partial charge in [-0.1, -0.05) is 29.8 Å². The number of carboxylic acids is 1. The lowest BCUT2D eigenvalue weighted by Crippen LogP contribution is -2.01. The number of nitrogens with one attached hydrogen (secondary N) is 1. The molecule has 1 aromatic heterocycles. The highest BCUT2D eigenvalue weighted by Crippen LogP contribution is 2.37. The van der Waals surface area contributed by atoms with Crippen LogP contribution in [-0.4, -0.2) is 23.2 Å². The van der Waals surface area contributed by atoms with Crippen molar-refractivity contribution in [2.45, 2.75) is 13.3 Å². The summed E-state index contributed by atoms with van der Waals surface area (Å²) >= 11 is 6.30. The third kappa shape index (κ3) is 2.78. The number of ether oxygens (including phenoxy) is 1. The topological polar surface area (TPSA) is 62.3 Å². The molecule has 0 bridgehead atoms. The lowest BCUT2D eigenvalue weighted by atomic mass is 10.0. The van der Waals surface area contributed by atoms with Crippen LogP contribution in [0.4, 0.5) is 0 Å². The summed E-state index contributed by atoms with van der Waals surface area (Å²) in [4.78, 5) is 14.7. The quantitative estimate of drug-likeness (QED) is 0.744. The first-order valence-electron chi connectivity index (χ1n) is 7.17. The summed E-state index contributed by atoms with van der Waals surface area (Å²) < 4.78 is 5.31. The highest BCUT2D eigenvalue weighted by atomic mass is 35.5. The van der Waals surface area contributed by atoms with Crippen LogP contribution in [-0.2, 0) is 11.2 Å². The van der Waals surface area contributed by atoms with Gasteiger partial charge in [-0.3, -0.25) is 4.79 Å². The average Bonchev–Trinajstić information content (AvgIpc) is 2.86. The molecule has 2 N–H and O–H groups in total. The molecule has 0 fully saturated rings. The maximum atomic E-state index is 11.3. The highest BCUT2D eigenvalue weighted by molar-refractivity contribution is 6.33. The van der Waals surface area contributed by atoms with Crippen LogP contribution in [0.1, 0.15) is 11.1 Å². The van der Waals surface area contributed by atoms with Crippen LogP contribution in [0.3, 0.4) is 0 Å². The molecular formula is C18H16ClNO3. The zero-order valence-electron chi connectivity index (χ0n) is 12.8. The number of carbonyl (C=O) groups is 1. The Labute approximate surface area is 138 Å². The molecule has 0 atom stereocenters. The molecule has 5 heteroatoms. The van der Waals surface area contributed by atoms with E-state index >= 15 is 0 Å². The van der Waals surface area contributed by atoms with E-state index in [1.165, 1.54) is 0 Å². The van der Waals surface area contributed by atoms with Gasteiger partial charge >= 0.3 is 5.97 Å². The number of aromatic amines is 1. The van der Waals surface area contributed by atoms with Crippen molar-refractivity contribution in [3.05, 3.63) is 52.5 Å². The van der Waals surface area contributed by atoms with E-state index in [0.29, 0.717) is 16.3 Å². The number of hydrogen-bond donors (Lipinski definition) is 2. The van der Waals surface area contributed by atoms with Crippen molar-refractivity contribution in [2.75, 3.05) is 7.11 Å². The number of carboxylic acid groups (broad SMARTS) is 1. The number of fused-ring (bicyclic) bond motifs is 1. The molecule has 0 saturated carbocycles. The highest BCUT2D eigenvalue weighted by Gasteiger charge is 2.19. The summed E-state index contributed by atoms with van der Waals surface area (Å²) in [5, 5.41) is 10.7. The van der Waals surface area contributed by atoms with Crippen molar-refractivity contribution in [1.29, 1.82) is 0 Å². The smallest absolute Gasteiger partial charge is 0.307 e. The van der Waals surface area contributed by atoms with Crippen molar-refractivity contribution < 1.29 is 14.6 Å². The lowest BCUT2D eigenvalue weighted by Gasteiger charge is -2.05. The van der Waals surface area contributed by atoms with Crippen molar-refractivity contribution in [1.82, 2.24) is 4.98 Å². The Morgan fingerprint density at radius 1 is 1.30 bits per heavy atom. The van der Waals surface area contributed by atoms with Crippen molar-refractivity contribution in [3.63, 3.8) is 0 Å². The van der Waals surface area contributed by atoms with E-state index in [2.05, 4.69) is 4.98 Å². The van der Waals surface area contributed by atoms with Crippen LogP contribution in [0, 0.1) is 6.92 Å². The first-order chi connectivity index (χ1) is 11.0. The second-order valence-corrected chi connectivity index (χ2v) is 5.80. The van der Waals surface area contributed by atoms with Gasteiger partial charge in [0.1, 0.15) is 5.75 Å². The van der Waals surface area contributed by atoms with Gasteiger partial charge in [-0.2, -0.15) is 0 Å². The minimum Gasteiger partial charge on any atom is -0.497 e. The van der Waals surface area contributed by atoms with Gasteiger partial charge in [-0.25, -0.2) is 0 Å². The molecule has 4 nitrogen and oxygen atoms in total. The SMILES string of the molecule is COc1cc(C)c2[nH]c(-c3ccccc3Cl)c(CC(=O)O)c2c1. The molecular weight excluding hydrogens is 314 g/mol. The Hall–Kier alpha value is -2.46. The number of aliphatic carboxylic acids is 1. The van der Waals surface area contributed by atoms with Gasteiger partial charge in [0.15, 0.2) is 0 Å². The van der Waals surface area contributed by atoms with E-state index in [0.717, 1.165) is 27.7 Å². The summed E-state index contributed by atoms with van der Waals surface area (Å²) in [6, 6.07) is 11.2. The van der Waals surface area contributed by atoms with E-state index < -0.39 is 5.97 Å². The van der Waals surface area contributed by atoms with Gasteiger partial charge in [0.2, 0.25) is 0 Å². The molecule has 0 radical (unpaired) electrons. The Bertz CT molecular complexity index is 899. The third-order valence-corrected chi connectivity index (χ3v) is 4.22. The van der Waals surface area contributed by atoms with Crippen LogP contribution in [0.2, 0.25) is 5.02 Å². The predicted octanol–water partition coefficient (Wildman–Crippen LogP) is 4.43. The zero-order valence-corrected chi connectivity index (χ0v) is 13.6. The van der Waals surface area contributed by atoms with Gasteiger partial charge in [0.05, 0.1) is 19.2 Å². The maximum absolute atomic E-state index is 11.3. The fourth-order valence-corrected chi connectivity index (χ4v) is 3.07. The molecule has 0 aliphatic heterocycles. The Kier molecular flexibility index (Phi) is 4.01. The molecule has 23 heavy (non-hydrogen) atoms. The molecule has 3 aromatic rings. The van der Waals surface area contributed by atoms with E-state index in [1.54, 1.807) is 13.2 Å².